The first-order valence-corrected chi connectivity index (χ1v) is 8.82. The van der Waals surface area contributed by atoms with Gasteiger partial charge in [0, 0.05) is 17.5 Å². The van der Waals surface area contributed by atoms with Crippen molar-refractivity contribution in [1.82, 2.24) is 10.0 Å². The van der Waals surface area contributed by atoms with Gasteiger partial charge in [-0.15, -0.1) is 11.3 Å². The van der Waals surface area contributed by atoms with Gasteiger partial charge in [-0.05, 0) is 44.9 Å². The van der Waals surface area contributed by atoms with Crippen LogP contribution in [0.4, 0.5) is 0 Å². The second-order valence-electron chi connectivity index (χ2n) is 5.35. The van der Waals surface area contributed by atoms with Gasteiger partial charge >= 0.3 is 0 Å². The van der Waals surface area contributed by atoms with Gasteiger partial charge in [-0.25, -0.2) is 13.1 Å². The van der Waals surface area contributed by atoms with Crippen LogP contribution in [0.1, 0.15) is 37.6 Å². The molecule has 4 nitrogen and oxygen atoms in total. The molecule has 1 heterocycles. The van der Waals surface area contributed by atoms with E-state index in [4.69, 9.17) is 0 Å². The first kappa shape index (κ1) is 16.6. The average Bonchev–Trinajstić information content (AvgIpc) is 2.59. The summed E-state index contributed by atoms with van der Waals surface area (Å²) in [6.07, 6.45) is 0.840. The van der Waals surface area contributed by atoms with E-state index in [1.54, 1.807) is 6.07 Å². The summed E-state index contributed by atoms with van der Waals surface area (Å²) in [5.41, 5.74) is 1.02. The molecule has 6 heteroatoms. The smallest absolute Gasteiger partial charge is 0.250 e. The van der Waals surface area contributed by atoms with Crippen LogP contribution in [0.15, 0.2) is 10.3 Å². The summed E-state index contributed by atoms with van der Waals surface area (Å²) in [7, 11) is -1.53. The Balaban J connectivity index is 2.85. The molecule has 1 atom stereocenters. The minimum atomic E-state index is -3.38. The molecule has 0 aliphatic carbocycles. The van der Waals surface area contributed by atoms with Gasteiger partial charge in [-0.1, -0.05) is 13.8 Å². The largest absolute Gasteiger partial charge is 0.315 e. The van der Waals surface area contributed by atoms with E-state index >= 15 is 0 Å². The van der Waals surface area contributed by atoms with Crippen molar-refractivity contribution in [3.05, 3.63) is 16.5 Å². The van der Waals surface area contributed by atoms with Crippen molar-refractivity contribution in [2.75, 3.05) is 7.05 Å². The highest BCUT2D eigenvalue weighted by Gasteiger charge is 2.21. The molecular weight excluding hydrogens is 280 g/mol. The highest BCUT2D eigenvalue weighted by molar-refractivity contribution is 7.91. The van der Waals surface area contributed by atoms with Crippen molar-refractivity contribution in [3.63, 3.8) is 0 Å². The molecule has 0 spiro atoms. The van der Waals surface area contributed by atoms with Gasteiger partial charge in [0.1, 0.15) is 4.21 Å². The first-order valence-electron chi connectivity index (χ1n) is 6.52. The molecule has 1 aromatic heterocycles. The molecule has 1 aromatic rings. The lowest BCUT2D eigenvalue weighted by molar-refractivity contribution is 0.483. The van der Waals surface area contributed by atoms with Crippen LogP contribution in [0.25, 0.3) is 0 Å². The first-order chi connectivity index (χ1) is 8.76. The van der Waals surface area contributed by atoms with Crippen LogP contribution < -0.4 is 10.0 Å². The Bertz CT molecular complexity index is 507. The average molecular weight is 304 g/mol. The van der Waals surface area contributed by atoms with Gasteiger partial charge < -0.3 is 5.32 Å². The van der Waals surface area contributed by atoms with Crippen molar-refractivity contribution in [2.45, 2.75) is 50.9 Å². The van der Waals surface area contributed by atoms with Crippen LogP contribution in [0, 0.1) is 12.8 Å². The fourth-order valence-electron chi connectivity index (χ4n) is 2.04. The molecule has 1 rings (SSSR count). The molecule has 0 saturated carbocycles. The number of rotatable bonds is 7. The normalized spacial score (nSPS) is 14.0. The number of hydrogen-bond donors (Lipinski definition) is 2. The Morgan fingerprint density at radius 2 is 1.95 bits per heavy atom. The lowest BCUT2D eigenvalue weighted by Crippen LogP contribution is -2.33. The molecule has 0 aliphatic rings. The zero-order chi connectivity index (χ0) is 14.6. The van der Waals surface area contributed by atoms with Crippen molar-refractivity contribution >= 4 is 21.4 Å². The fraction of sp³-hybridized carbons (Fsp3) is 0.692. The van der Waals surface area contributed by atoms with Crippen LogP contribution in [-0.2, 0) is 16.6 Å². The maximum atomic E-state index is 12.3. The minimum absolute atomic E-state index is 0.0415. The van der Waals surface area contributed by atoms with Crippen molar-refractivity contribution in [3.8, 4) is 0 Å². The third-order valence-corrected chi connectivity index (χ3v) is 6.08. The maximum absolute atomic E-state index is 12.3. The van der Waals surface area contributed by atoms with Crippen LogP contribution >= 0.6 is 11.3 Å². The number of aryl methyl sites for hydroxylation is 1. The van der Waals surface area contributed by atoms with E-state index in [1.807, 2.05) is 20.9 Å². The molecule has 2 N–H and O–H groups in total. The Morgan fingerprint density at radius 1 is 1.32 bits per heavy atom. The fourth-order valence-corrected chi connectivity index (χ4v) is 4.91. The zero-order valence-corrected chi connectivity index (χ0v) is 13.9. The SMILES string of the molecule is CNCc1sc(S(=O)(=O)NC(C)CC(C)C)cc1C. The molecule has 19 heavy (non-hydrogen) atoms. The van der Waals surface area contributed by atoms with Crippen molar-refractivity contribution < 1.29 is 8.42 Å². The molecule has 0 fully saturated rings. The van der Waals surface area contributed by atoms with Gasteiger partial charge in [-0.3, -0.25) is 0 Å². The van der Waals surface area contributed by atoms with Crippen LogP contribution in [-0.4, -0.2) is 21.5 Å². The molecule has 0 aliphatic heterocycles. The van der Waals surface area contributed by atoms with Gasteiger partial charge in [0.25, 0.3) is 0 Å². The Labute approximate surface area is 120 Å². The van der Waals surface area contributed by atoms with Crippen LogP contribution in [0.3, 0.4) is 0 Å². The summed E-state index contributed by atoms with van der Waals surface area (Å²) in [6.45, 7) is 8.73. The second-order valence-corrected chi connectivity index (χ2v) is 8.43. The summed E-state index contributed by atoms with van der Waals surface area (Å²) < 4.78 is 27.7. The predicted octanol–water partition coefficient (Wildman–Crippen LogP) is 2.49. The summed E-state index contributed by atoms with van der Waals surface area (Å²) in [6, 6.07) is 1.71. The van der Waals surface area contributed by atoms with Gasteiger partial charge in [0.2, 0.25) is 10.0 Å². The van der Waals surface area contributed by atoms with Gasteiger partial charge in [0.15, 0.2) is 0 Å². The molecule has 0 aromatic carbocycles. The highest BCUT2D eigenvalue weighted by atomic mass is 32.2. The quantitative estimate of drug-likeness (QED) is 0.813. The lowest BCUT2D eigenvalue weighted by atomic mass is 10.1. The second kappa shape index (κ2) is 6.83. The standard InChI is InChI=1S/C13H24N2O2S2/c1-9(2)6-11(4)15-19(16,17)13-7-10(3)12(18-13)8-14-5/h7,9,11,14-15H,6,8H2,1-5H3. The van der Waals surface area contributed by atoms with E-state index in [-0.39, 0.29) is 6.04 Å². The molecule has 0 amide bonds. The minimum Gasteiger partial charge on any atom is -0.315 e. The molecule has 0 radical (unpaired) electrons. The highest BCUT2D eigenvalue weighted by Crippen LogP contribution is 2.26. The molecular formula is C13H24N2O2S2. The number of hydrogen-bond acceptors (Lipinski definition) is 4. The number of nitrogens with one attached hydrogen (secondary N) is 2. The van der Waals surface area contributed by atoms with Crippen LogP contribution in [0.2, 0.25) is 0 Å². The zero-order valence-electron chi connectivity index (χ0n) is 12.3. The van der Waals surface area contributed by atoms with Gasteiger partial charge in [-0.2, -0.15) is 0 Å². The monoisotopic (exact) mass is 304 g/mol. The Kier molecular flexibility index (Phi) is 5.98. The topological polar surface area (TPSA) is 58.2 Å². The van der Waals surface area contributed by atoms with E-state index in [0.29, 0.717) is 16.7 Å². The summed E-state index contributed by atoms with van der Waals surface area (Å²) in [4.78, 5) is 1.07. The predicted molar refractivity (Wildman–Crippen MR) is 81.1 cm³/mol. The lowest BCUT2D eigenvalue weighted by Gasteiger charge is -2.15. The Morgan fingerprint density at radius 3 is 2.47 bits per heavy atom. The summed E-state index contributed by atoms with van der Waals surface area (Å²) in [5, 5.41) is 3.05. The van der Waals surface area contributed by atoms with E-state index in [0.717, 1.165) is 16.9 Å². The van der Waals surface area contributed by atoms with Crippen LogP contribution in [0.5, 0.6) is 0 Å². The van der Waals surface area contributed by atoms with Crippen molar-refractivity contribution in [1.29, 1.82) is 0 Å². The molecule has 110 valence electrons. The molecule has 1 unspecified atom stereocenters. The third-order valence-electron chi connectivity index (χ3n) is 2.78. The summed E-state index contributed by atoms with van der Waals surface area (Å²) in [5.74, 6) is 0.475. The Hall–Kier alpha value is -0.430. The number of thiophene rings is 1. The van der Waals surface area contributed by atoms with E-state index in [2.05, 4.69) is 23.9 Å². The van der Waals surface area contributed by atoms with E-state index in [9.17, 15) is 8.42 Å². The number of sulfonamides is 1. The summed E-state index contributed by atoms with van der Waals surface area (Å²) >= 11 is 1.34. The molecule has 0 saturated heterocycles. The van der Waals surface area contributed by atoms with E-state index < -0.39 is 10.0 Å². The third kappa shape index (κ3) is 4.87. The molecule has 0 bridgehead atoms. The van der Waals surface area contributed by atoms with Crippen molar-refractivity contribution in [2.24, 2.45) is 5.92 Å². The van der Waals surface area contributed by atoms with E-state index in [1.165, 1.54) is 11.3 Å². The van der Waals surface area contributed by atoms with Gasteiger partial charge in [0.05, 0.1) is 0 Å². The maximum Gasteiger partial charge on any atom is 0.250 e.